The third-order valence-corrected chi connectivity index (χ3v) is 2.89. The van der Waals surface area contributed by atoms with Gasteiger partial charge >= 0.3 is 0 Å². The zero-order valence-corrected chi connectivity index (χ0v) is 9.88. The molecule has 0 saturated heterocycles. The van der Waals surface area contributed by atoms with Gasteiger partial charge in [0.05, 0.1) is 0 Å². The van der Waals surface area contributed by atoms with Gasteiger partial charge in [0.1, 0.15) is 5.82 Å². The Balaban J connectivity index is 2.04. The maximum Gasteiger partial charge on any atom is 0.126 e. The Kier molecular flexibility index (Phi) is 2.68. The third-order valence-electron chi connectivity index (χ3n) is 2.89. The standard InChI is InChI=1S/C13H20N2/c1-13(2,3)11-6-7-14-12(8-11)15-9-10-4-5-10/h6-8,10H,4-5,9H2,1-3H3,(H,14,15). The molecule has 15 heavy (non-hydrogen) atoms. The van der Waals surface area contributed by atoms with E-state index in [0.717, 1.165) is 18.3 Å². The lowest BCUT2D eigenvalue weighted by molar-refractivity contribution is 0.589. The molecular formula is C13H20N2. The Bertz CT molecular complexity index is 335. The van der Waals surface area contributed by atoms with Gasteiger partial charge in [-0.3, -0.25) is 0 Å². The molecule has 0 aromatic carbocycles. The molecule has 0 radical (unpaired) electrons. The minimum Gasteiger partial charge on any atom is -0.370 e. The Labute approximate surface area is 92.1 Å². The van der Waals surface area contributed by atoms with Gasteiger partial charge in [-0.05, 0) is 41.9 Å². The molecule has 2 rings (SSSR count). The van der Waals surface area contributed by atoms with Crippen LogP contribution in [0.5, 0.6) is 0 Å². The lowest BCUT2D eigenvalue weighted by Gasteiger charge is -2.19. The molecule has 2 nitrogen and oxygen atoms in total. The largest absolute Gasteiger partial charge is 0.370 e. The second-order valence-electron chi connectivity index (χ2n) is 5.50. The zero-order chi connectivity index (χ0) is 10.9. The minimum atomic E-state index is 0.207. The topological polar surface area (TPSA) is 24.9 Å². The van der Waals surface area contributed by atoms with Crippen LogP contribution in [-0.2, 0) is 5.41 Å². The maximum atomic E-state index is 4.34. The van der Waals surface area contributed by atoms with Crippen LogP contribution in [-0.4, -0.2) is 11.5 Å². The number of nitrogens with one attached hydrogen (secondary N) is 1. The summed E-state index contributed by atoms with van der Waals surface area (Å²) < 4.78 is 0. The molecule has 0 amide bonds. The predicted molar refractivity (Wildman–Crippen MR) is 64.2 cm³/mol. The van der Waals surface area contributed by atoms with Gasteiger partial charge in [0.2, 0.25) is 0 Å². The smallest absolute Gasteiger partial charge is 0.126 e. The summed E-state index contributed by atoms with van der Waals surface area (Å²) in [6, 6.07) is 4.27. The van der Waals surface area contributed by atoms with E-state index in [4.69, 9.17) is 0 Å². The van der Waals surface area contributed by atoms with Gasteiger partial charge in [-0.2, -0.15) is 0 Å². The van der Waals surface area contributed by atoms with Crippen molar-refractivity contribution in [2.45, 2.75) is 39.0 Å². The van der Waals surface area contributed by atoms with E-state index in [9.17, 15) is 0 Å². The van der Waals surface area contributed by atoms with Gasteiger partial charge < -0.3 is 5.32 Å². The van der Waals surface area contributed by atoms with Gasteiger partial charge in [0, 0.05) is 12.7 Å². The molecule has 1 aromatic rings. The summed E-state index contributed by atoms with van der Waals surface area (Å²) >= 11 is 0. The molecule has 2 heteroatoms. The second kappa shape index (κ2) is 3.84. The number of hydrogen-bond donors (Lipinski definition) is 1. The predicted octanol–water partition coefficient (Wildman–Crippen LogP) is 3.20. The molecule has 1 N–H and O–H groups in total. The molecule has 0 unspecified atom stereocenters. The highest BCUT2D eigenvalue weighted by atomic mass is 15.0. The molecule has 1 fully saturated rings. The summed E-state index contributed by atoms with van der Waals surface area (Å²) in [7, 11) is 0. The van der Waals surface area contributed by atoms with Crippen LogP contribution in [0.3, 0.4) is 0 Å². The van der Waals surface area contributed by atoms with Crippen LogP contribution in [0.25, 0.3) is 0 Å². The molecule has 0 bridgehead atoms. The Morgan fingerprint density at radius 3 is 2.73 bits per heavy atom. The lowest BCUT2D eigenvalue weighted by Crippen LogP contribution is -2.12. The fourth-order valence-electron chi connectivity index (χ4n) is 1.56. The van der Waals surface area contributed by atoms with E-state index in [1.807, 2.05) is 6.20 Å². The van der Waals surface area contributed by atoms with Gasteiger partial charge in [0.15, 0.2) is 0 Å². The van der Waals surface area contributed by atoms with Crippen LogP contribution < -0.4 is 5.32 Å². The van der Waals surface area contributed by atoms with E-state index < -0.39 is 0 Å². The molecule has 1 heterocycles. The van der Waals surface area contributed by atoms with Crippen molar-refractivity contribution in [3.63, 3.8) is 0 Å². The Morgan fingerprint density at radius 1 is 1.40 bits per heavy atom. The van der Waals surface area contributed by atoms with Crippen LogP contribution in [0.15, 0.2) is 18.3 Å². The molecular weight excluding hydrogens is 184 g/mol. The van der Waals surface area contributed by atoms with E-state index in [1.54, 1.807) is 0 Å². The van der Waals surface area contributed by atoms with Crippen molar-refractivity contribution in [3.05, 3.63) is 23.9 Å². The summed E-state index contributed by atoms with van der Waals surface area (Å²) in [6.07, 6.45) is 4.66. The average Bonchev–Trinajstić information content (AvgIpc) is 2.97. The van der Waals surface area contributed by atoms with Crippen LogP contribution in [0.1, 0.15) is 39.2 Å². The molecule has 1 aliphatic carbocycles. The summed E-state index contributed by atoms with van der Waals surface area (Å²) in [5.41, 5.74) is 1.55. The first-order valence-corrected chi connectivity index (χ1v) is 5.76. The highest BCUT2D eigenvalue weighted by molar-refractivity contribution is 5.40. The SMILES string of the molecule is CC(C)(C)c1ccnc(NCC2CC2)c1. The van der Waals surface area contributed by atoms with Crippen molar-refractivity contribution in [2.75, 3.05) is 11.9 Å². The molecule has 1 aliphatic rings. The first kappa shape index (κ1) is 10.5. The summed E-state index contributed by atoms with van der Waals surface area (Å²) in [4.78, 5) is 4.34. The Hall–Kier alpha value is -1.05. The van der Waals surface area contributed by atoms with Crippen molar-refractivity contribution in [2.24, 2.45) is 5.92 Å². The third kappa shape index (κ3) is 2.95. The molecule has 82 valence electrons. The lowest BCUT2D eigenvalue weighted by atomic mass is 9.88. The first-order chi connectivity index (χ1) is 7.05. The Morgan fingerprint density at radius 2 is 2.13 bits per heavy atom. The van der Waals surface area contributed by atoms with Crippen molar-refractivity contribution >= 4 is 5.82 Å². The van der Waals surface area contributed by atoms with Crippen molar-refractivity contribution in [3.8, 4) is 0 Å². The number of hydrogen-bond acceptors (Lipinski definition) is 2. The van der Waals surface area contributed by atoms with Crippen LogP contribution in [0, 0.1) is 5.92 Å². The number of rotatable bonds is 3. The molecule has 1 saturated carbocycles. The molecule has 0 atom stereocenters. The van der Waals surface area contributed by atoms with Crippen molar-refractivity contribution < 1.29 is 0 Å². The number of aromatic nitrogens is 1. The van der Waals surface area contributed by atoms with Crippen molar-refractivity contribution in [1.29, 1.82) is 0 Å². The first-order valence-electron chi connectivity index (χ1n) is 5.76. The van der Waals surface area contributed by atoms with E-state index in [1.165, 1.54) is 18.4 Å². The summed E-state index contributed by atoms with van der Waals surface area (Å²) in [6.45, 7) is 7.77. The fourth-order valence-corrected chi connectivity index (χ4v) is 1.56. The second-order valence-corrected chi connectivity index (χ2v) is 5.50. The van der Waals surface area contributed by atoms with Gasteiger partial charge in [-0.1, -0.05) is 20.8 Å². The summed E-state index contributed by atoms with van der Waals surface area (Å²) in [5.74, 6) is 1.92. The summed E-state index contributed by atoms with van der Waals surface area (Å²) in [5, 5.41) is 3.41. The number of nitrogens with zero attached hydrogens (tertiary/aromatic N) is 1. The maximum absolute atomic E-state index is 4.34. The molecule has 0 aliphatic heterocycles. The zero-order valence-electron chi connectivity index (χ0n) is 9.88. The van der Waals surface area contributed by atoms with Crippen molar-refractivity contribution in [1.82, 2.24) is 4.98 Å². The van der Waals surface area contributed by atoms with Crippen LogP contribution in [0.4, 0.5) is 5.82 Å². The average molecular weight is 204 g/mol. The van der Waals surface area contributed by atoms with E-state index in [2.05, 4.69) is 43.2 Å². The highest BCUT2D eigenvalue weighted by Crippen LogP contribution is 2.29. The van der Waals surface area contributed by atoms with Gasteiger partial charge in [-0.25, -0.2) is 4.98 Å². The monoisotopic (exact) mass is 204 g/mol. The van der Waals surface area contributed by atoms with Crippen LogP contribution >= 0.6 is 0 Å². The molecule has 1 aromatic heterocycles. The number of pyridine rings is 1. The van der Waals surface area contributed by atoms with E-state index >= 15 is 0 Å². The van der Waals surface area contributed by atoms with Gasteiger partial charge in [-0.15, -0.1) is 0 Å². The highest BCUT2D eigenvalue weighted by Gasteiger charge is 2.21. The fraction of sp³-hybridized carbons (Fsp3) is 0.615. The van der Waals surface area contributed by atoms with Crippen LogP contribution in [0.2, 0.25) is 0 Å². The van der Waals surface area contributed by atoms with Gasteiger partial charge in [0.25, 0.3) is 0 Å². The van der Waals surface area contributed by atoms with E-state index in [-0.39, 0.29) is 5.41 Å². The normalized spacial score (nSPS) is 16.5. The number of anilines is 1. The van der Waals surface area contributed by atoms with E-state index in [0.29, 0.717) is 0 Å². The molecule has 0 spiro atoms. The minimum absolute atomic E-state index is 0.207. The quantitative estimate of drug-likeness (QED) is 0.817.